The third-order valence-corrected chi connectivity index (χ3v) is 1.72. The first-order chi connectivity index (χ1) is 5.88. The molecule has 0 aliphatic heterocycles. The molecule has 0 aliphatic carbocycles. The normalized spacial score (nSPS) is 12.1. The molecule has 0 atom stereocenters. The number of nitrogens with zero attached hydrogens (tertiary/aromatic N) is 2. The summed E-state index contributed by atoms with van der Waals surface area (Å²) in [4.78, 5) is 0. The van der Waals surface area contributed by atoms with Crippen molar-refractivity contribution < 1.29 is 4.74 Å². The number of aryl methyl sites for hydroxylation is 2. The van der Waals surface area contributed by atoms with Crippen LogP contribution in [-0.4, -0.2) is 15.4 Å². The van der Waals surface area contributed by atoms with Gasteiger partial charge in [0.05, 0.1) is 11.3 Å². The maximum atomic E-state index is 5.61. The number of ether oxygens (including phenoxy) is 1. The molecule has 3 nitrogen and oxygen atoms in total. The van der Waals surface area contributed by atoms with Crippen molar-refractivity contribution in [1.82, 2.24) is 9.78 Å². The molecule has 0 spiro atoms. The summed E-state index contributed by atoms with van der Waals surface area (Å²) in [5.74, 6) is 0. The molecule has 0 N–H and O–H groups in total. The van der Waals surface area contributed by atoms with E-state index in [9.17, 15) is 0 Å². The van der Waals surface area contributed by atoms with Crippen LogP contribution in [0.4, 0.5) is 0 Å². The Morgan fingerprint density at radius 1 is 1.38 bits per heavy atom. The third-order valence-electron chi connectivity index (χ3n) is 1.72. The molecule has 0 fully saturated rings. The summed E-state index contributed by atoms with van der Waals surface area (Å²) in [5.41, 5.74) is 2.07. The molecule has 0 radical (unpaired) electrons. The largest absolute Gasteiger partial charge is 0.354 e. The van der Waals surface area contributed by atoms with E-state index < -0.39 is 0 Å². The van der Waals surface area contributed by atoms with Gasteiger partial charge in [-0.25, -0.2) is 4.68 Å². The minimum absolute atomic E-state index is 0.105. The molecular weight excluding hydrogens is 164 g/mol. The van der Waals surface area contributed by atoms with Crippen molar-refractivity contribution in [3.8, 4) is 0 Å². The maximum absolute atomic E-state index is 5.61. The van der Waals surface area contributed by atoms with Crippen molar-refractivity contribution in [3.63, 3.8) is 0 Å². The summed E-state index contributed by atoms with van der Waals surface area (Å²) in [6, 6.07) is 2.05. The van der Waals surface area contributed by atoms with Crippen molar-refractivity contribution >= 4 is 0 Å². The lowest BCUT2D eigenvalue weighted by Gasteiger charge is -2.19. The lowest BCUT2D eigenvalue weighted by Crippen LogP contribution is -2.22. The van der Waals surface area contributed by atoms with Crippen LogP contribution in [0.15, 0.2) is 6.07 Å². The van der Waals surface area contributed by atoms with Gasteiger partial charge >= 0.3 is 0 Å². The summed E-state index contributed by atoms with van der Waals surface area (Å²) >= 11 is 0. The van der Waals surface area contributed by atoms with Crippen LogP contribution in [-0.2, 0) is 11.5 Å². The van der Waals surface area contributed by atoms with E-state index in [1.807, 2.05) is 45.4 Å². The molecule has 1 heterocycles. The second-order valence-electron chi connectivity index (χ2n) is 4.31. The van der Waals surface area contributed by atoms with E-state index in [0.717, 1.165) is 11.4 Å². The highest BCUT2D eigenvalue weighted by Gasteiger charge is 2.10. The van der Waals surface area contributed by atoms with Crippen molar-refractivity contribution in [2.45, 2.75) is 47.0 Å². The lowest BCUT2D eigenvalue weighted by atomic mass is 10.2. The fourth-order valence-electron chi connectivity index (χ4n) is 1.06. The number of hydrogen-bond acceptors (Lipinski definition) is 2. The van der Waals surface area contributed by atoms with Gasteiger partial charge in [-0.05, 0) is 40.7 Å². The number of rotatable bonds is 2. The molecule has 1 aromatic heterocycles. The van der Waals surface area contributed by atoms with Crippen molar-refractivity contribution in [2.24, 2.45) is 0 Å². The average molecular weight is 182 g/mol. The molecule has 0 aliphatic rings. The maximum Gasteiger partial charge on any atom is 0.140 e. The van der Waals surface area contributed by atoms with Crippen LogP contribution in [0.1, 0.15) is 32.2 Å². The Hall–Kier alpha value is -0.830. The van der Waals surface area contributed by atoms with Gasteiger partial charge < -0.3 is 4.74 Å². The predicted octanol–water partition coefficient (Wildman–Crippen LogP) is 2.27. The first-order valence-electron chi connectivity index (χ1n) is 4.53. The fourth-order valence-corrected chi connectivity index (χ4v) is 1.06. The Morgan fingerprint density at radius 2 is 2.00 bits per heavy atom. The molecule has 1 rings (SSSR count). The zero-order chi connectivity index (χ0) is 10.1. The van der Waals surface area contributed by atoms with Gasteiger partial charge in [0.25, 0.3) is 0 Å². The minimum Gasteiger partial charge on any atom is -0.354 e. The summed E-state index contributed by atoms with van der Waals surface area (Å²) in [7, 11) is 0. The van der Waals surface area contributed by atoms with Gasteiger partial charge in [0, 0.05) is 5.69 Å². The van der Waals surface area contributed by atoms with Gasteiger partial charge in [0.2, 0.25) is 0 Å². The fraction of sp³-hybridized carbons (Fsp3) is 0.700. The van der Waals surface area contributed by atoms with Gasteiger partial charge in [-0.15, -0.1) is 0 Å². The lowest BCUT2D eigenvalue weighted by molar-refractivity contribution is -0.0487. The molecule has 0 aromatic carbocycles. The second-order valence-corrected chi connectivity index (χ2v) is 4.31. The van der Waals surface area contributed by atoms with Gasteiger partial charge in [-0.1, -0.05) is 0 Å². The highest BCUT2D eigenvalue weighted by molar-refractivity contribution is 5.06. The van der Waals surface area contributed by atoms with E-state index in [4.69, 9.17) is 4.74 Å². The van der Waals surface area contributed by atoms with Crippen LogP contribution in [0.3, 0.4) is 0 Å². The van der Waals surface area contributed by atoms with Crippen molar-refractivity contribution in [3.05, 3.63) is 17.5 Å². The van der Waals surface area contributed by atoms with Gasteiger partial charge in [-0.3, -0.25) is 0 Å². The Labute approximate surface area is 79.7 Å². The topological polar surface area (TPSA) is 27.1 Å². The molecule has 0 saturated carbocycles. The SMILES string of the molecule is Cc1cc(C)n(COC(C)(C)C)n1. The summed E-state index contributed by atoms with van der Waals surface area (Å²) in [5, 5.41) is 4.30. The number of aromatic nitrogens is 2. The van der Waals surface area contributed by atoms with Crippen molar-refractivity contribution in [1.29, 1.82) is 0 Å². The molecular formula is C10H18N2O. The molecule has 0 saturated heterocycles. The van der Waals surface area contributed by atoms with Gasteiger partial charge in [-0.2, -0.15) is 5.10 Å². The summed E-state index contributed by atoms with van der Waals surface area (Å²) in [6.45, 7) is 10.7. The van der Waals surface area contributed by atoms with E-state index in [-0.39, 0.29) is 5.60 Å². The molecule has 0 unspecified atom stereocenters. The molecule has 0 amide bonds. The van der Waals surface area contributed by atoms with Gasteiger partial charge in [0.1, 0.15) is 6.73 Å². The van der Waals surface area contributed by atoms with E-state index in [1.165, 1.54) is 0 Å². The zero-order valence-corrected chi connectivity index (χ0v) is 9.09. The smallest absolute Gasteiger partial charge is 0.140 e. The minimum atomic E-state index is -0.105. The first kappa shape index (κ1) is 10.3. The standard InChI is InChI=1S/C10H18N2O/c1-8-6-9(2)12(11-8)7-13-10(3,4)5/h6H,7H2,1-5H3. The highest BCUT2D eigenvalue weighted by atomic mass is 16.5. The van der Waals surface area contributed by atoms with E-state index >= 15 is 0 Å². The Bertz CT molecular complexity index is 284. The first-order valence-corrected chi connectivity index (χ1v) is 4.53. The number of hydrogen-bond donors (Lipinski definition) is 0. The van der Waals surface area contributed by atoms with Crippen LogP contribution in [0.2, 0.25) is 0 Å². The Morgan fingerprint density at radius 3 is 2.38 bits per heavy atom. The molecule has 1 aromatic rings. The van der Waals surface area contributed by atoms with E-state index in [1.54, 1.807) is 0 Å². The van der Waals surface area contributed by atoms with E-state index in [0.29, 0.717) is 6.73 Å². The van der Waals surface area contributed by atoms with E-state index in [2.05, 4.69) is 5.10 Å². The molecule has 0 bridgehead atoms. The van der Waals surface area contributed by atoms with Crippen LogP contribution in [0, 0.1) is 13.8 Å². The zero-order valence-electron chi connectivity index (χ0n) is 9.09. The summed E-state index contributed by atoms with van der Waals surface area (Å²) in [6.07, 6.45) is 0. The molecule has 13 heavy (non-hydrogen) atoms. The van der Waals surface area contributed by atoms with Crippen LogP contribution >= 0.6 is 0 Å². The van der Waals surface area contributed by atoms with Crippen LogP contribution in [0.25, 0.3) is 0 Å². The Kier molecular flexibility index (Phi) is 2.76. The molecule has 3 heteroatoms. The monoisotopic (exact) mass is 182 g/mol. The average Bonchev–Trinajstić information content (AvgIpc) is 2.24. The second kappa shape index (κ2) is 3.50. The van der Waals surface area contributed by atoms with Gasteiger partial charge in [0.15, 0.2) is 0 Å². The Balaban J connectivity index is 2.59. The quantitative estimate of drug-likeness (QED) is 0.701. The molecule has 74 valence electrons. The van der Waals surface area contributed by atoms with Crippen molar-refractivity contribution in [2.75, 3.05) is 0 Å². The predicted molar refractivity (Wildman–Crippen MR) is 52.5 cm³/mol. The van der Waals surface area contributed by atoms with Crippen LogP contribution in [0.5, 0.6) is 0 Å². The van der Waals surface area contributed by atoms with Crippen LogP contribution < -0.4 is 0 Å². The summed E-state index contributed by atoms with van der Waals surface area (Å²) < 4.78 is 7.49. The highest BCUT2D eigenvalue weighted by Crippen LogP contribution is 2.09. The third kappa shape index (κ3) is 3.19.